The van der Waals surface area contributed by atoms with E-state index in [1.54, 1.807) is 61.5 Å². The Morgan fingerprint density at radius 2 is 1.51 bits per heavy atom. The van der Waals surface area contributed by atoms with Gasteiger partial charge in [-0.1, -0.05) is 78.1 Å². The summed E-state index contributed by atoms with van der Waals surface area (Å²) < 4.78 is 28.5. The van der Waals surface area contributed by atoms with Gasteiger partial charge in [0.15, 0.2) is 0 Å². The van der Waals surface area contributed by atoms with Gasteiger partial charge < -0.3 is 10.2 Å². The molecule has 3 rings (SSSR count). The number of nitrogens with zero attached hydrogens (tertiary/aromatic N) is 2. The second-order valence-electron chi connectivity index (χ2n) is 9.13. The molecular formula is C28H30Cl3N3O4S. The fourth-order valence-corrected chi connectivity index (χ4v) is 6.08. The van der Waals surface area contributed by atoms with Crippen molar-refractivity contribution in [3.8, 4) is 0 Å². The molecule has 0 aliphatic carbocycles. The topological polar surface area (TPSA) is 86.8 Å². The van der Waals surface area contributed by atoms with E-state index in [9.17, 15) is 18.0 Å². The van der Waals surface area contributed by atoms with Crippen LogP contribution in [0.1, 0.15) is 32.8 Å². The average molecular weight is 611 g/mol. The number of carbonyl (C=O) groups excluding carboxylic acids is 2. The van der Waals surface area contributed by atoms with E-state index in [2.05, 4.69) is 5.32 Å². The lowest BCUT2D eigenvalue weighted by atomic mass is 10.1. The molecule has 7 nitrogen and oxygen atoms in total. The van der Waals surface area contributed by atoms with Crippen LogP contribution in [0.25, 0.3) is 0 Å². The summed E-state index contributed by atoms with van der Waals surface area (Å²) in [6.07, 6.45) is 0.295. The van der Waals surface area contributed by atoms with Gasteiger partial charge in [-0.25, -0.2) is 8.42 Å². The van der Waals surface area contributed by atoms with E-state index >= 15 is 0 Å². The normalized spacial score (nSPS) is 12.2. The zero-order valence-electron chi connectivity index (χ0n) is 21.8. The van der Waals surface area contributed by atoms with Crippen LogP contribution in [0.4, 0.5) is 5.69 Å². The molecule has 11 heteroatoms. The third kappa shape index (κ3) is 7.66. The maximum Gasteiger partial charge on any atom is 0.264 e. The first-order valence-electron chi connectivity index (χ1n) is 12.3. The van der Waals surface area contributed by atoms with Crippen LogP contribution in [0.15, 0.2) is 77.7 Å². The van der Waals surface area contributed by atoms with Gasteiger partial charge in [-0.15, -0.1) is 0 Å². The molecule has 1 N–H and O–H groups in total. The molecule has 0 saturated carbocycles. The number of sulfonamides is 1. The third-order valence-electron chi connectivity index (χ3n) is 5.88. The fourth-order valence-electron chi connectivity index (χ4n) is 4.02. The lowest BCUT2D eigenvalue weighted by Gasteiger charge is -2.33. The van der Waals surface area contributed by atoms with E-state index < -0.39 is 28.5 Å². The molecule has 0 bridgehead atoms. The summed E-state index contributed by atoms with van der Waals surface area (Å²) in [6, 6.07) is 18.1. The second-order valence-corrected chi connectivity index (χ2v) is 12.2. The number of amides is 2. The van der Waals surface area contributed by atoms with Gasteiger partial charge in [0.2, 0.25) is 11.8 Å². The molecule has 0 heterocycles. The maximum absolute atomic E-state index is 14.0. The Balaban J connectivity index is 2.08. The molecule has 39 heavy (non-hydrogen) atoms. The SMILES string of the molecule is CC[C@H](C(=O)NC(C)C)N(Cc1ccc(Cl)c(Cl)c1)C(=O)CN(c1ccccc1Cl)S(=O)(=O)c1ccccc1. The molecule has 0 aliphatic heterocycles. The quantitative estimate of drug-likeness (QED) is 0.281. The Morgan fingerprint density at radius 3 is 2.10 bits per heavy atom. The fraction of sp³-hybridized carbons (Fsp3) is 0.286. The zero-order chi connectivity index (χ0) is 28.7. The first kappa shape index (κ1) is 30.8. The van der Waals surface area contributed by atoms with Gasteiger partial charge in [0.1, 0.15) is 12.6 Å². The molecule has 0 aliphatic rings. The van der Waals surface area contributed by atoms with Crippen molar-refractivity contribution in [2.75, 3.05) is 10.8 Å². The predicted molar refractivity (Wildman–Crippen MR) is 157 cm³/mol. The van der Waals surface area contributed by atoms with Gasteiger partial charge in [0.05, 0.1) is 25.7 Å². The summed E-state index contributed by atoms with van der Waals surface area (Å²) >= 11 is 18.7. The highest BCUT2D eigenvalue weighted by Crippen LogP contribution is 2.31. The van der Waals surface area contributed by atoms with Gasteiger partial charge in [0, 0.05) is 12.6 Å². The lowest BCUT2D eigenvalue weighted by molar-refractivity contribution is -0.140. The predicted octanol–water partition coefficient (Wildman–Crippen LogP) is 6.17. The Hall–Kier alpha value is -2.78. The molecule has 208 valence electrons. The lowest BCUT2D eigenvalue weighted by Crippen LogP contribution is -2.53. The molecule has 3 aromatic carbocycles. The molecule has 1 atom stereocenters. The van der Waals surface area contributed by atoms with Crippen LogP contribution in [0.5, 0.6) is 0 Å². The van der Waals surface area contributed by atoms with Crippen LogP contribution in [-0.2, 0) is 26.2 Å². The van der Waals surface area contributed by atoms with Gasteiger partial charge in [0.25, 0.3) is 10.0 Å². The number of nitrogens with one attached hydrogen (secondary N) is 1. The molecule has 2 amide bonds. The highest BCUT2D eigenvalue weighted by atomic mass is 35.5. The highest BCUT2D eigenvalue weighted by molar-refractivity contribution is 7.92. The Morgan fingerprint density at radius 1 is 0.872 bits per heavy atom. The molecule has 3 aromatic rings. The van der Waals surface area contributed by atoms with Crippen molar-refractivity contribution < 1.29 is 18.0 Å². The summed E-state index contributed by atoms with van der Waals surface area (Å²) in [5, 5.41) is 3.66. The Bertz CT molecular complexity index is 1420. The molecule has 0 aromatic heterocycles. The number of hydrogen-bond acceptors (Lipinski definition) is 4. The standard InChI is InChI=1S/C28H30Cl3N3O4S/c1-4-25(28(36)32-19(2)3)33(17-20-14-15-22(29)24(31)16-20)27(35)18-34(26-13-9-8-12-23(26)30)39(37,38)21-10-6-5-7-11-21/h5-16,19,25H,4,17-18H2,1-3H3,(H,32,36)/t25-/m1/s1. The monoisotopic (exact) mass is 609 g/mol. The van der Waals surface area contributed by atoms with Crippen LogP contribution in [-0.4, -0.2) is 43.8 Å². The molecule has 0 spiro atoms. The van der Waals surface area contributed by atoms with E-state index in [1.165, 1.54) is 23.1 Å². The summed E-state index contributed by atoms with van der Waals surface area (Å²) in [4.78, 5) is 28.5. The first-order valence-corrected chi connectivity index (χ1v) is 14.9. The largest absolute Gasteiger partial charge is 0.352 e. The number of para-hydroxylation sites is 1. The third-order valence-corrected chi connectivity index (χ3v) is 8.72. The number of rotatable bonds is 11. The zero-order valence-corrected chi connectivity index (χ0v) is 24.9. The van der Waals surface area contributed by atoms with Crippen molar-refractivity contribution >= 4 is 62.3 Å². The highest BCUT2D eigenvalue weighted by Gasteiger charge is 2.34. The Kier molecular flexibility index (Phi) is 10.7. The molecular weight excluding hydrogens is 581 g/mol. The minimum absolute atomic E-state index is 0.00148. The van der Waals surface area contributed by atoms with Crippen molar-refractivity contribution in [2.45, 2.75) is 50.7 Å². The van der Waals surface area contributed by atoms with E-state index in [4.69, 9.17) is 34.8 Å². The summed E-state index contributed by atoms with van der Waals surface area (Å²) in [5.74, 6) is -0.942. The van der Waals surface area contributed by atoms with E-state index in [-0.39, 0.29) is 34.1 Å². The summed E-state index contributed by atoms with van der Waals surface area (Å²) in [6.45, 7) is 4.84. The number of hydrogen-bond donors (Lipinski definition) is 1. The van der Waals surface area contributed by atoms with Crippen molar-refractivity contribution in [3.05, 3.63) is 93.4 Å². The van der Waals surface area contributed by atoms with E-state index in [1.807, 2.05) is 13.8 Å². The van der Waals surface area contributed by atoms with Crippen LogP contribution in [0.2, 0.25) is 15.1 Å². The Labute approximate surface area is 244 Å². The average Bonchev–Trinajstić information content (AvgIpc) is 2.89. The van der Waals surface area contributed by atoms with Crippen molar-refractivity contribution in [1.29, 1.82) is 0 Å². The molecule has 0 saturated heterocycles. The van der Waals surface area contributed by atoms with Crippen LogP contribution in [0, 0.1) is 0 Å². The van der Waals surface area contributed by atoms with Gasteiger partial charge in [-0.2, -0.15) is 0 Å². The van der Waals surface area contributed by atoms with E-state index in [0.717, 1.165) is 4.31 Å². The summed E-state index contributed by atoms with van der Waals surface area (Å²) in [5.41, 5.74) is 0.772. The molecule has 0 unspecified atom stereocenters. The molecule has 0 radical (unpaired) electrons. The van der Waals surface area contributed by atoms with Crippen LogP contribution >= 0.6 is 34.8 Å². The van der Waals surface area contributed by atoms with Crippen molar-refractivity contribution in [1.82, 2.24) is 10.2 Å². The van der Waals surface area contributed by atoms with Gasteiger partial charge >= 0.3 is 0 Å². The first-order chi connectivity index (χ1) is 18.4. The number of carbonyl (C=O) groups is 2. The van der Waals surface area contributed by atoms with Gasteiger partial charge in [-0.3, -0.25) is 13.9 Å². The maximum atomic E-state index is 14.0. The second kappa shape index (κ2) is 13.5. The van der Waals surface area contributed by atoms with E-state index in [0.29, 0.717) is 22.0 Å². The minimum Gasteiger partial charge on any atom is -0.352 e. The van der Waals surface area contributed by atoms with Crippen LogP contribution in [0.3, 0.4) is 0 Å². The minimum atomic E-state index is -4.20. The van der Waals surface area contributed by atoms with Crippen LogP contribution < -0.4 is 9.62 Å². The molecule has 0 fully saturated rings. The number of anilines is 1. The number of halogens is 3. The van der Waals surface area contributed by atoms with Crippen molar-refractivity contribution in [3.63, 3.8) is 0 Å². The van der Waals surface area contributed by atoms with Gasteiger partial charge in [-0.05, 0) is 62.2 Å². The van der Waals surface area contributed by atoms with Crippen molar-refractivity contribution in [2.24, 2.45) is 0 Å². The smallest absolute Gasteiger partial charge is 0.264 e. The summed E-state index contributed by atoms with van der Waals surface area (Å²) in [7, 11) is -4.20. The number of benzene rings is 3.